The van der Waals surface area contributed by atoms with E-state index in [1.807, 2.05) is 12.1 Å². The summed E-state index contributed by atoms with van der Waals surface area (Å²) in [5, 5.41) is 16.2. The van der Waals surface area contributed by atoms with E-state index in [2.05, 4.69) is 223 Å². The van der Waals surface area contributed by atoms with Crippen LogP contribution in [0.1, 0.15) is 0 Å². The third-order valence-corrected chi connectivity index (χ3v) is 14.4. The van der Waals surface area contributed by atoms with Crippen LogP contribution in [-0.2, 0) is 0 Å². The molecule has 0 fully saturated rings. The summed E-state index contributed by atoms with van der Waals surface area (Å²) in [5.74, 6) is 1.81. The molecule has 0 saturated carbocycles. The molecule has 0 spiro atoms. The molecule has 3 heterocycles. The average Bonchev–Trinajstić information content (AvgIpc) is 3.96. The molecule has 3 aromatic heterocycles. The first kappa shape index (κ1) is 38.6. The number of benzene rings is 12. The zero-order chi connectivity index (χ0) is 45.9. The molecule has 0 amide bonds. The summed E-state index contributed by atoms with van der Waals surface area (Å²) in [6.07, 6.45) is 0. The van der Waals surface area contributed by atoms with Gasteiger partial charge in [0.15, 0.2) is 17.5 Å². The van der Waals surface area contributed by atoms with Crippen LogP contribution in [0.4, 0.5) is 0 Å². The Labute approximate surface area is 401 Å². The van der Waals surface area contributed by atoms with Crippen LogP contribution < -0.4 is 0 Å². The van der Waals surface area contributed by atoms with E-state index in [1.165, 1.54) is 43.1 Å². The summed E-state index contributed by atoms with van der Waals surface area (Å²) < 4.78 is 8.98. The molecule has 0 radical (unpaired) electrons. The monoisotopic (exact) mass is 890 g/mol. The van der Waals surface area contributed by atoms with Crippen molar-refractivity contribution in [2.75, 3.05) is 0 Å². The predicted molar refractivity (Wildman–Crippen MR) is 291 cm³/mol. The van der Waals surface area contributed by atoms with Gasteiger partial charge in [-0.05, 0) is 114 Å². The number of hydrogen-bond acceptors (Lipinski definition) is 4. The minimum atomic E-state index is 0.585. The molecule has 15 aromatic rings. The Balaban J connectivity index is 1.01. The number of rotatable bonds is 5. The van der Waals surface area contributed by atoms with Gasteiger partial charge in [-0.15, -0.1) is 0 Å². The summed E-state index contributed by atoms with van der Waals surface area (Å²) in [6, 6.07) is 82.4. The van der Waals surface area contributed by atoms with E-state index < -0.39 is 0 Å². The normalized spacial score (nSPS) is 12.0. The maximum Gasteiger partial charge on any atom is 0.164 e. The lowest BCUT2D eigenvalue weighted by Crippen LogP contribution is -2.02. The predicted octanol–water partition coefficient (Wildman–Crippen LogP) is 17.3. The molecule has 15 rings (SSSR count). The maximum absolute atomic E-state index is 6.56. The first-order valence-electron chi connectivity index (χ1n) is 23.7. The number of fused-ring (bicyclic) bond motifs is 13. The van der Waals surface area contributed by atoms with Gasteiger partial charge in [-0.1, -0.05) is 176 Å². The van der Waals surface area contributed by atoms with Crippen molar-refractivity contribution < 1.29 is 4.42 Å². The Kier molecular flexibility index (Phi) is 8.29. The maximum atomic E-state index is 6.56. The Bertz CT molecular complexity index is 4540. The van der Waals surface area contributed by atoms with E-state index in [9.17, 15) is 0 Å². The number of furan rings is 1. The smallest absolute Gasteiger partial charge is 0.164 e. The van der Waals surface area contributed by atoms with Crippen molar-refractivity contribution >= 4 is 97.6 Å². The highest BCUT2D eigenvalue weighted by Gasteiger charge is 2.22. The minimum Gasteiger partial charge on any atom is -0.456 e. The van der Waals surface area contributed by atoms with Crippen LogP contribution in [0.5, 0.6) is 0 Å². The highest BCUT2D eigenvalue weighted by atomic mass is 16.3. The number of aromatic nitrogens is 4. The Morgan fingerprint density at radius 2 is 0.800 bits per heavy atom. The molecular weight excluding hydrogens is 853 g/mol. The molecule has 0 aliphatic heterocycles. The summed E-state index contributed by atoms with van der Waals surface area (Å²) in [4.78, 5) is 16.3. The first-order chi connectivity index (χ1) is 34.7. The van der Waals surface area contributed by atoms with E-state index >= 15 is 0 Å². The third-order valence-electron chi connectivity index (χ3n) is 14.4. The Hall–Kier alpha value is -9.45. The molecule has 5 nitrogen and oxygen atoms in total. The van der Waals surface area contributed by atoms with Gasteiger partial charge in [-0.3, -0.25) is 0 Å². The van der Waals surface area contributed by atoms with Gasteiger partial charge < -0.3 is 8.98 Å². The fraction of sp³-hybridized carbons (Fsp3) is 0. The molecule has 0 aliphatic carbocycles. The van der Waals surface area contributed by atoms with Crippen molar-refractivity contribution in [3.63, 3.8) is 0 Å². The molecule has 0 aliphatic rings. The molecular formula is C65H38N4O. The highest BCUT2D eigenvalue weighted by molar-refractivity contribution is 6.16. The molecule has 0 saturated heterocycles. The second-order valence-corrected chi connectivity index (χ2v) is 18.3. The molecule has 324 valence electrons. The van der Waals surface area contributed by atoms with Crippen molar-refractivity contribution in [2.24, 2.45) is 0 Å². The van der Waals surface area contributed by atoms with Crippen molar-refractivity contribution in [1.82, 2.24) is 19.5 Å². The van der Waals surface area contributed by atoms with Gasteiger partial charge in [-0.25, -0.2) is 15.0 Å². The standard InChI is InChI=1S/C65H38N4O/c1-2-16-42-37-60-57(35-41(42)15-1)51-19-7-9-25-58(51)69(60)59-34-30-44(36-56(59)43-29-33-53-52-20-8-10-26-61(52)70-62(53)38-43)63-66-64(54-23-11-21-47-45-17-5-3-13-39(45)27-31-49(47)54)68-65(67-63)55-24-12-22-48-46-18-6-4-14-40(46)28-32-50(48)55/h1-38H. The summed E-state index contributed by atoms with van der Waals surface area (Å²) in [5.41, 5.74) is 9.81. The van der Waals surface area contributed by atoms with E-state index in [0.29, 0.717) is 17.5 Å². The summed E-state index contributed by atoms with van der Waals surface area (Å²) >= 11 is 0. The summed E-state index contributed by atoms with van der Waals surface area (Å²) in [7, 11) is 0. The second-order valence-electron chi connectivity index (χ2n) is 18.3. The van der Waals surface area contributed by atoms with Crippen molar-refractivity contribution in [3.05, 3.63) is 231 Å². The SMILES string of the molecule is c1ccc2cc3c(cc2c1)c1ccccc1n3-c1ccc(-c2nc(-c3cccc4c3ccc3ccccc34)nc(-c3cccc4c3ccc3ccccc34)n2)cc1-c1ccc2c(c1)oc1ccccc12. The van der Waals surface area contributed by atoms with Gasteiger partial charge in [0.1, 0.15) is 11.2 Å². The topological polar surface area (TPSA) is 56.7 Å². The zero-order valence-electron chi connectivity index (χ0n) is 37.6. The first-order valence-corrected chi connectivity index (χ1v) is 23.7. The van der Waals surface area contributed by atoms with Crippen LogP contribution in [-0.4, -0.2) is 19.5 Å². The lowest BCUT2D eigenvalue weighted by molar-refractivity contribution is 0.669. The largest absolute Gasteiger partial charge is 0.456 e. The van der Waals surface area contributed by atoms with Crippen molar-refractivity contribution in [1.29, 1.82) is 0 Å². The lowest BCUT2D eigenvalue weighted by atomic mass is 9.97. The van der Waals surface area contributed by atoms with Gasteiger partial charge in [0.25, 0.3) is 0 Å². The Morgan fingerprint density at radius 3 is 1.50 bits per heavy atom. The van der Waals surface area contributed by atoms with Gasteiger partial charge in [0.2, 0.25) is 0 Å². The van der Waals surface area contributed by atoms with E-state index in [0.717, 1.165) is 88.0 Å². The zero-order valence-corrected chi connectivity index (χ0v) is 37.6. The van der Waals surface area contributed by atoms with Crippen LogP contribution in [0.15, 0.2) is 235 Å². The third kappa shape index (κ3) is 5.88. The van der Waals surface area contributed by atoms with Crippen LogP contribution in [0, 0.1) is 0 Å². The summed E-state index contributed by atoms with van der Waals surface area (Å²) in [6.45, 7) is 0. The second kappa shape index (κ2) is 15.0. The average molecular weight is 891 g/mol. The molecule has 0 unspecified atom stereocenters. The molecule has 0 N–H and O–H groups in total. The van der Waals surface area contributed by atoms with E-state index in [4.69, 9.17) is 19.4 Å². The molecule has 5 heteroatoms. The van der Waals surface area contributed by atoms with Gasteiger partial charge in [0, 0.05) is 43.8 Å². The van der Waals surface area contributed by atoms with Crippen LogP contribution in [0.25, 0.3) is 149 Å². The fourth-order valence-corrected chi connectivity index (χ4v) is 11.1. The highest BCUT2D eigenvalue weighted by Crippen LogP contribution is 2.42. The number of hydrogen-bond donors (Lipinski definition) is 0. The van der Waals surface area contributed by atoms with Gasteiger partial charge in [-0.2, -0.15) is 0 Å². The minimum absolute atomic E-state index is 0.585. The molecule has 0 bridgehead atoms. The lowest BCUT2D eigenvalue weighted by Gasteiger charge is -2.17. The van der Waals surface area contributed by atoms with E-state index in [1.54, 1.807) is 0 Å². The quantitative estimate of drug-likeness (QED) is 0.162. The van der Waals surface area contributed by atoms with Crippen molar-refractivity contribution in [2.45, 2.75) is 0 Å². The van der Waals surface area contributed by atoms with Gasteiger partial charge >= 0.3 is 0 Å². The van der Waals surface area contributed by atoms with Crippen LogP contribution >= 0.6 is 0 Å². The van der Waals surface area contributed by atoms with Crippen LogP contribution in [0.2, 0.25) is 0 Å². The van der Waals surface area contributed by atoms with Crippen LogP contribution in [0.3, 0.4) is 0 Å². The Morgan fingerprint density at radius 1 is 0.271 bits per heavy atom. The fourth-order valence-electron chi connectivity index (χ4n) is 11.1. The molecule has 12 aromatic carbocycles. The molecule has 0 atom stereocenters. The molecule has 70 heavy (non-hydrogen) atoms. The van der Waals surface area contributed by atoms with Crippen molar-refractivity contribution in [3.8, 4) is 51.0 Å². The number of nitrogens with zero attached hydrogens (tertiary/aromatic N) is 4. The van der Waals surface area contributed by atoms with Gasteiger partial charge in [0.05, 0.1) is 16.7 Å². The number of para-hydroxylation sites is 2. The van der Waals surface area contributed by atoms with E-state index in [-0.39, 0.29) is 0 Å².